The third-order valence-electron chi connectivity index (χ3n) is 2.71. The molecule has 1 heterocycles. The van der Waals surface area contributed by atoms with Crippen molar-refractivity contribution in [3.05, 3.63) is 24.0 Å². The molecule has 1 aromatic rings. The molecule has 0 fully saturated rings. The summed E-state index contributed by atoms with van der Waals surface area (Å²) in [6.07, 6.45) is 5.19. The number of carbonyl (C=O) groups excluding carboxylic acids is 1. The lowest BCUT2D eigenvalue weighted by Gasteiger charge is -2.12. The van der Waals surface area contributed by atoms with Gasteiger partial charge in [0.1, 0.15) is 6.54 Å². The molecule has 0 bridgehead atoms. The number of aliphatic hydroxyl groups excluding tert-OH is 1. The normalized spacial score (nSPS) is 14.4. The molecule has 2 unspecified atom stereocenters. The Hall–Kier alpha value is -1.29. The van der Waals surface area contributed by atoms with E-state index in [4.69, 9.17) is 0 Å². The maximum atomic E-state index is 11.7. The number of aromatic nitrogens is 1. The third kappa shape index (κ3) is 4.61. The van der Waals surface area contributed by atoms with Crippen molar-refractivity contribution in [1.82, 2.24) is 9.88 Å². The Morgan fingerprint density at radius 2 is 2.24 bits per heavy atom. The molecule has 4 nitrogen and oxygen atoms in total. The lowest BCUT2D eigenvalue weighted by Crippen LogP contribution is -2.34. The van der Waals surface area contributed by atoms with Crippen LogP contribution in [0.25, 0.3) is 0 Å². The van der Waals surface area contributed by atoms with Crippen molar-refractivity contribution in [3.63, 3.8) is 0 Å². The van der Waals surface area contributed by atoms with E-state index >= 15 is 0 Å². The van der Waals surface area contributed by atoms with Crippen LogP contribution in [0.4, 0.5) is 0 Å². The quantitative estimate of drug-likeness (QED) is 0.794. The van der Waals surface area contributed by atoms with Gasteiger partial charge < -0.3 is 15.0 Å². The van der Waals surface area contributed by atoms with Gasteiger partial charge in [0.05, 0.1) is 6.10 Å². The van der Waals surface area contributed by atoms with Gasteiger partial charge in [0.2, 0.25) is 5.91 Å². The smallest absolute Gasteiger partial charge is 0.240 e. The minimum atomic E-state index is -0.488. The van der Waals surface area contributed by atoms with Gasteiger partial charge in [-0.3, -0.25) is 4.79 Å². The summed E-state index contributed by atoms with van der Waals surface area (Å²) >= 11 is 0. The predicted octanol–water partition coefficient (Wildman–Crippen LogP) is 1.85. The summed E-state index contributed by atoms with van der Waals surface area (Å²) in [5.41, 5.74) is 0.833. The monoisotopic (exact) mass is 238 g/mol. The fraction of sp³-hybridized carbons (Fsp3) is 0.615. The van der Waals surface area contributed by atoms with E-state index in [1.54, 1.807) is 17.7 Å². The molecule has 0 aliphatic rings. The van der Waals surface area contributed by atoms with Gasteiger partial charge in [-0.05, 0) is 31.9 Å². The molecular weight excluding hydrogens is 216 g/mol. The van der Waals surface area contributed by atoms with Crippen LogP contribution >= 0.6 is 0 Å². The summed E-state index contributed by atoms with van der Waals surface area (Å²) in [5, 5.41) is 12.3. The summed E-state index contributed by atoms with van der Waals surface area (Å²) in [6, 6.07) is 2.05. The molecular formula is C13H22N2O2. The van der Waals surface area contributed by atoms with Gasteiger partial charge in [-0.25, -0.2) is 0 Å². The average molecular weight is 238 g/mol. The second-order valence-electron chi connectivity index (χ2n) is 4.55. The van der Waals surface area contributed by atoms with E-state index in [2.05, 4.69) is 12.2 Å². The zero-order valence-electron chi connectivity index (χ0n) is 10.8. The molecule has 0 aliphatic heterocycles. The van der Waals surface area contributed by atoms with Crippen LogP contribution in [0.3, 0.4) is 0 Å². The molecule has 0 saturated carbocycles. The van der Waals surface area contributed by atoms with Crippen molar-refractivity contribution >= 4 is 5.91 Å². The van der Waals surface area contributed by atoms with E-state index in [1.165, 1.54) is 0 Å². The Balaban J connectivity index is 2.44. The van der Waals surface area contributed by atoms with E-state index < -0.39 is 6.10 Å². The molecule has 0 saturated heterocycles. The first-order valence-electron chi connectivity index (χ1n) is 6.16. The molecule has 0 spiro atoms. The molecule has 17 heavy (non-hydrogen) atoms. The molecule has 2 N–H and O–H groups in total. The summed E-state index contributed by atoms with van der Waals surface area (Å²) in [7, 11) is 0. The van der Waals surface area contributed by atoms with Crippen molar-refractivity contribution in [3.8, 4) is 0 Å². The van der Waals surface area contributed by atoms with Crippen LogP contribution in [0.1, 0.15) is 45.3 Å². The highest BCUT2D eigenvalue weighted by molar-refractivity contribution is 5.76. The number of hydrogen-bond acceptors (Lipinski definition) is 2. The second-order valence-corrected chi connectivity index (χ2v) is 4.55. The Labute approximate surface area is 103 Å². The van der Waals surface area contributed by atoms with E-state index in [0.29, 0.717) is 6.54 Å². The number of amides is 1. The summed E-state index contributed by atoms with van der Waals surface area (Å²) < 4.78 is 1.79. The van der Waals surface area contributed by atoms with Crippen LogP contribution in [0.2, 0.25) is 0 Å². The maximum absolute atomic E-state index is 11.7. The van der Waals surface area contributed by atoms with Crippen LogP contribution in [-0.2, 0) is 11.3 Å². The van der Waals surface area contributed by atoms with Crippen LogP contribution in [0.15, 0.2) is 18.5 Å². The predicted molar refractivity (Wildman–Crippen MR) is 67.6 cm³/mol. The Morgan fingerprint density at radius 3 is 2.76 bits per heavy atom. The number of nitrogens with one attached hydrogen (secondary N) is 1. The standard InChI is InChI=1S/C13H22N2O2/c1-4-5-10(2)14-13(17)9-15-7-6-12(8-15)11(3)16/h6-8,10-11,16H,4-5,9H2,1-3H3,(H,14,17). The molecule has 96 valence electrons. The second kappa shape index (κ2) is 6.45. The van der Waals surface area contributed by atoms with Crippen molar-refractivity contribution in [2.45, 2.75) is 52.3 Å². The molecule has 1 aromatic heterocycles. The van der Waals surface area contributed by atoms with Crippen molar-refractivity contribution in [1.29, 1.82) is 0 Å². The first-order valence-corrected chi connectivity index (χ1v) is 6.16. The van der Waals surface area contributed by atoms with Crippen molar-refractivity contribution < 1.29 is 9.90 Å². The fourth-order valence-corrected chi connectivity index (χ4v) is 1.80. The van der Waals surface area contributed by atoms with Crippen LogP contribution in [0.5, 0.6) is 0 Å². The summed E-state index contributed by atoms with van der Waals surface area (Å²) in [4.78, 5) is 11.7. The van der Waals surface area contributed by atoms with Gasteiger partial charge in [-0.1, -0.05) is 13.3 Å². The Kier molecular flexibility index (Phi) is 5.22. The minimum absolute atomic E-state index is 0.0127. The van der Waals surface area contributed by atoms with E-state index in [0.717, 1.165) is 18.4 Å². The molecule has 1 rings (SSSR count). The van der Waals surface area contributed by atoms with E-state index in [9.17, 15) is 9.90 Å². The molecule has 2 atom stereocenters. The zero-order chi connectivity index (χ0) is 12.8. The fourth-order valence-electron chi connectivity index (χ4n) is 1.80. The molecule has 0 radical (unpaired) electrons. The van der Waals surface area contributed by atoms with Gasteiger partial charge in [-0.2, -0.15) is 0 Å². The average Bonchev–Trinajstić information content (AvgIpc) is 2.66. The lowest BCUT2D eigenvalue weighted by molar-refractivity contribution is -0.122. The first-order chi connectivity index (χ1) is 8.02. The van der Waals surface area contributed by atoms with Crippen molar-refractivity contribution in [2.75, 3.05) is 0 Å². The highest BCUT2D eigenvalue weighted by atomic mass is 16.3. The van der Waals surface area contributed by atoms with E-state index in [-0.39, 0.29) is 11.9 Å². The van der Waals surface area contributed by atoms with Crippen molar-refractivity contribution in [2.24, 2.45) is 0 Å². The maximum Gasteiger partial charge on any atom is 0.240 e. The van der Waals surface area contributed by atoms with Gasteiger partial charge in [0.25, 0.3) is 0 Å². The SMILES string of the molecule is CCCC(C)NC(=O)Cn1ccc(C(C)O)c1. The van der Waals surface area contributed by atoms with E-state index in [1.807, 2.05) is 19.2 Å². The first kappa shape index (κ1) is 13.8. The van der Waals surface area contributed by atoms with Crippen LogP contribution < -0.4 is 5.32 Å². The molecule has 1 amide bonds. The Bertz CT molecular complexity index is 358. The van der Waals surface area contributed by atoms with Crippen LogP contribution in [0, 0.1) is 0 Å². The lowest BCUT2D eigenvalue weighted by atomic mass is 10.2. The molecule has 0 aromatic carbocycles. The summed E-state index contributed by atoms with van der Waals surface area (Å²) in [6.45, 7) is 6.13. The topological polar surface area (TPSA) is 54.3 Å². The molecule has 0 aliphatic carbocycles. The largest absolute Gasteiger partial charge is 0.389 e. The van der Waals surface area contributed by atoms with Gasteiger partial charge >= 0.3 is 0 Å². The van der Waals surface area contributed by atoms with Gasteiger partial charge in [0, 0.05) is 18.4 Å². The minimum Gasteiger partial charge on any atom is -0.389 e. The number of rotatable bonds is 6. The number of hydrogen-bond donors (Lipinski definition) is 2. The highest BCUT2D eigenvalue weighted by Crippen LogP contribution is 2.11. The zero-order valence-corrected chi connectivity index (χ0v) is 10.8. The number of nitrogens with zero attached hydrogens (tertiary/aromatic N) is 1. The third-order valence-corrected chi connectivity index (χ3v) is 2.71. The molecule has 4 heteroatoms. The Morgan fingerprint density at radius 1 is 1.53 bits per heavy atom. The van der Waals surface area contributed by atoms with Crippen LogP contribution in [-0.4, -0.2) is 21.6 Å². The number of aliphatic hydroxyl groups is 1. The van der Waals surface area contributed by atoms with Gasteiger partial charge in [-0.15, -0.1) is 0 Å². The number of carbonyl (C=O) groups is 1. The van der Waals surface area contributed by atoms with Gasteiger partial charge in [0.15, 0.2) is 0 Å². The summed E-state index contributed by atoms with van der Waals surface area (Å²) in [5.74, 6) is 0.0127. The highest BCUT2D eigenvalue weighted by Gasteiger charge is 2.08.